The molecule has 0 radical (unpaired) electrons. The third-order valence-corrected chi connectivity index (χ3v) is 6.69. The van der Waals surface area contributed by atoms with Gasteiger partial charge in [-0.2, -0.15) is 0 Å². The first kappa shape index (κ1) is 21.0. The number of hydrogen-bond acceptors (Lipinski definition) is 3. The minimum absolute atomic E-state index is 0.0788. The molecular formula is C27H23N3O2S. The van der Waals surface area contributed by atoms with Crippen molar-refractivity contribution in [1.82, 2.24) is 9.55 Å². The Hall–Kier alpha value is -3.90. The third kappa shape index (κ3) is 4.81. The molecule has 5 nitrogen and oxygen atoms in total. The van der Waals surface area contributed by atoms with Gasteiger partial charge < -0.3 is 4.57 Å². The van der Waals surface area contributed by atoms with E-state index in [-0.39, 0.29) is 5.75 Å². The Kier molecular flexibility index (Phi) is 5.67. The van der Waals surface area contributed by atoms with Gasteiger partial charge in [0.05, 0.1) is 16.8 Å². The molecule has 1 aromatic heterocycles. The van der Waals surface area contributed by atoms with E-state index in [1.54, 1.807) is 6.07 Å². The van der Waals surface area contributed by atoms with Crippen LogP contribution in [-0.2, 0) is 22.3 Å². The molecule has 5 aromatic rings. The van der Waals surface area contributed by atoms with E-state index in [2.05, 4.69) is 27.5 Å². The zero-order valence-electron chi connectivity index (χ0n) is 17.9. The predicted octanol–water partition coefficient (Wildman–Crippen LogP) is 5.69. The van der Waals surface area contributed by atoms with Crippen molar-refractivity contribution in [3.05, 3.63) is 120 Å². The van der Waals surface area contributed by atoms with Crippen molar-refractivity contribution in [2.24, 2.45) is 0 Å². The third-order valence-electron chi connectivity index (χ3n) is 5.43. The van der Waals surface area contributed by atoms with Gasteiger partial charge in [0.1, 0.15) is 5.82 Å². The van der Waals surface area contributed by atoms with Crippen molar-refractivity contribution in [1.29, 1.82) is 0 Å². The largest absolute Gasteiger partial charge is 0.319 e. The van der Waals surface area contributed by atoms with Gasteiger partial charge in [-0.3, -0.25) is 4.72 Å². The van der Waals surface area contributed by atoms with Gasteiger partial charge in [-0.05, 0) is 35.4 Å². The highest BCUT2D eigenvalue weighted by Gasteiger charge is 2.15. The summed E-state index contributed by atoms with van der Waals surface area (Å²) in [4.78, 5) is 4.87. The number of fused-ring (bicyclic) bond motifs is 1. The summed E-state index contributed by atoms with van der Waals surface area (Å²) >= 11 is 0. The van der Waals surface area contributed by atoms with Crippen molar-refractivity contribution in [3.63, 3.8) is 0 Å². The Morgan fingerprint density at radius 1 is 0.727 bits per heavy atom. The number of rotatable bonds is 7. The topological polar surface area (TPSA) is 64.0 Å². The Labute approximate surface area is 193 Å². The smallest absolute Gasteiger partial charge is 0.236 e. The lowest BCUT2D eigenvalue weighted by Gasteiger charge is -2.12. The zero-order chi connectivity index (χ0) is 22.7. The second kappa shape index (κ2) is 8.92. The van der Waals surface area contributed by atoms with Gasteiger partial charge in [-0.15, -0.1) is 0 Å². The average Bonchev–Trinajstić information content (AvgIpc) is 3.18. The molecule has 5 rings (SSSR count). The lowest BCUT2D eigenvalue weighted by Crippen LogP contribution is -2.15. The van der Waals surface area contributed by atoms with Gasteiger partial charge in [-0.25, -0.2) is 13.4 Å². The number of imidazole rings is 1. The molecule has 0 saturated heterocycles. The number of aromatic nitrogens is 2. The van der Waals surface area contributed by atoms with Gasteiger partial charge in [0.2, 0.25) is 10.0 Å². The number of anilines is 1. The van der Waals surface area contributed by atoms with Crippen LogP contribution < -0.4 is 4.72 Å². The second-order valence-electron chi connectivity index (χ2n) is 7.92. The standard InChI is InChI=1S/C27H23N3O2S/c31-33(32,20-22-12-5-2-6-13-22)29-24-15-9-14-23(18-24)27-28-25-16-7-8-17-26(25)30(27)19-21-10-3-1-4-11-21/h1-18,29H,19-20H2. The Morgan fingerprint density at radius 3 is 2.15 bits per heavy atom. The summed E-state index contributed by atoms with van der Waals surface area (Å²) in [6.07, 6.45) is 0. The van der Waals surface area contributed by atoms with Crippen molar-refractivity contribution in [2.75, 3.05) is 4.72 Å². The molecule has 0 spiro atoms. The van der Waals surface area contributed by atoms with E-state index in [4.69, 9.17) is 4.98 Å². The van der Waals surface area contributed by atoms with E-state index in [0.717, 1.165) is 28.0 Å². The Bertz CT molecular complexity index is 1490. The fraction of sp³-hybridized carbons (Fsp3) is 0.0741. The molecule has 4 aromatic carbocycles. The number of hydrogen-bond donors (Lipinski definition) is 1. The lowest BCUT2D eigenvalue weighted by atomic mass is 10.1. The molecule has 1 heterocycles. The fourth-order valence-electron chi connectivity index (χ4n) is 3.95. The fourth-order valence-corrected chi connectivity index (χ4v) is 5.14. The van der Waals surface area contributed by atoms with Crippen LogP contribution in [0, 0.1) is 0 Å². The number of benzene rings is 4. The van der Waals surface area contributed by atoms with Crippen LogP contribution in [-0.4, -0.2) is 18.0 Å². The lowest BCUT2D eigenvalue weighted by molar-refractivity contribution is 0.600. The van der Waals surface area contributed by atoms with Gasteiger partial charge >= 0.3 is 0 Å². The van der Waals surface area contributed by atoms with E-state index in [1.165, 1.54) is 5.56 Å². The molecule has 0 aliphatic carbocycles. The Morgan fingerprint density at radius 2 is 1.39 bits per heavy atom. The molecule has 0 atom stereocenters. The monoisotopic (exact) mass is 453 g/mol. The van der Waals surface area contributed by atoms with E-state index in [0.29, 0.717) is 12.2 Å². The van der Waals surface area contributed by atoms with E-state index >= 15 is 0 Å². The molecule has 33 heavy (non-hydrogen) atoms. The first-order chi connectivity index (χ1) is 16.1. The van der Waals surface area contributed by atoms with Gasteiger partial charge in [0.25, 0.3) is 0 Å². The number of sulfonamides is 1. The summed E-state index contributed by atoms with van der Waals surface area (Å²) in [5, 5.41) is 0. The van der Waals surface area contributed by atoms with Crippen LogP contribution in [0.5, 0.6) is 0 Å². The van der Waals surface area contributed by atoms with Gasteiger partial charge in [0, 0.05) is 17.8 Å². The Balaban J connectivity index is 1.49. The molecule has 0 aliphatic heterocycles. The van der Waals surface area contributed by atoms with Crippen LogP contribution in [0.2, 0.25) is 0 Å². The van der Waals surface area contributed by atoms with Crippen LogP contribution in [0.3, 0.4) is 0 Å². The van der Waals surface area contributed by atoms with Crippen molar-refractivity contribution >= 4 is 26.7 Å². The number of nitrogens with one attached hydrogen (secondary N) is 1. The summed E-state index contributed by atoms with van der Waals surface area (Å²) in [6.45, 7) is 0.667. The van der Waals surface area contributed by atoms with Crippen molar-refractivity contribution < 1.29 is 8.42 Å². The summed E-state index contributed by atoms with van der Waals surface area (Å²) in [5.41, 5.74) is 5.21. The van der Waals surface area contributed by atoms with Crippen LogP contribution in [0.25, 0.3) is 22.4 Å². The summed E-state index contributed by atoms with van der Waals surface area (Å²) < 4.78 is 30.4. The molecule has 0 amide bonds. The maximum atomic E-state index is 12.7. The number of para-hydroxylation sites is 2. The minimum Gasteiger partial charge on any atom is -0.319 e. The average molecular weight is 454 g/mol. The molecule has 6 heteroatoms. The zero-order valence-corrected chi connectivity index (χ0v) is 18.7. The summed E-state index contributed by atoms with van der Waals surface area (Å²) in [7, 11) is -3.55. The van der Waals surface area contributed by atoms with Gasteiger partial charge in [-0.1, -0.05) is 84.9 Å². The molecule has 0 bridgehead atoms. The van der Waals surface area contributed by atoms with Crippen LogP contribution in [0.15, 0.2) is 109 Å². The quantitative estimate of drug-likeness (QED) is 0.344. The maximum absolute atomic E-state index is 12.7. The highest BCUT2D eigenvalue weighted by atomic mass is 32.2. The normalized spacial score (nSPS) is 11.5. The van der Waals surface area contributed by atoms with E-state index in [9.17, 15) is 8.42 Å². The second-order valence-corrected chi connectivity index (χ2v) is 9.65. The predicted molar refractivity (Wildman–Crippen MR) is 133 cm³/mol. The molecule has 0 saturated carbocycles. The van der Waals surface area contributed by atoms with Crippen LogP contribution in [0.4, 0.5) is 5.69 Å². The molecule has 0 fully saturated rings. The highest BCUT2D eigenvalue weighted by Crippen LogP contribution is 2.28. The van der Waals surface area contributed by atoms with Gasteiger partial charge in [0.15, 0.2) is 0 Å². The SMILES string of the molecule is O=S(=O)(Cc1ccccc1)Nc1cccc(-c2nc3ccccc3n2Cc2ccccc2)c1. The van der Waals surface area contributed by atoms with E-state index < -0.39 is 10.0 Å². The van der Waals surface area contributed by atoms with Crippen LogP contribution in [0.1, 0.15) is 11.1 Å². The highest BCUT2D eigenvalue weighted by molar-refractivity contribution is 7.91. The summed E-state index contributed by atoms with van der Waals surface area (Å²) in [5.74, 6) is 0.717. The molecular weight excluding hydrogens is 430 g/mol. The molecule has 0 aliphatic rings. The first-order valence-corrected chi connectivity index (χ1v) is 12.4. The van der Waals surface area contributed by atoms with Crippen LogP contribution >= 0.6 is 0 Å². The minimum atomic E-state index is -3.55. The molecule has 164 valence electrons. The van der Waals surface area contributed by atoms with Crippen molar-refractivity contribution in [3.8, 4) is 11.4 Å². The summed E-state index contributed by atoms with van der Waals surface area (Å²) in [6, 6.07) is 34.8. The van der Waals surface area contributed by atoms with E-state index in [1.807, 2.05) is 84.9 Å². The number of nitrogens with zero attached hydrogens (tertiary/aromatic N) is 2. The first-order valence-electron chi connectivity index (χ1n) is 10.7. The van der Waals surface area contributed by atoms with Crippen molar-refractivity contribution in [2.45, 2.75) is 12.3 Å². The molecule has 0 unspecified atom stereocenters. The molecule has 1 N–H and O–H groups in total. The maximum Gasteiger partial charge on any atom is 0.236 e.